The first-order valence-corrected chi connectivity index (χ1v) is 14.3. The highest BCUT2D eigenvalue weighted by Crippen LogP contribution is 2.33. The highest BCUT2D eigenvalue weighted by atomic mass is 32.1. The van der Waals surface area contributed by atoms with Crippen molar-refractivity contribution in [3.63, 3.8) is 0 Å². The molecule has 3 aliphatic rings. The quantitative estimate of drug-likeness (QED) is 0.497. The lowest BCUT2D eigenvalue weighted by atomic mass is 9.87. The van der Waals surface area contributed by atoms with Gasteiger partial charge in [-0.25, -0.2) is 0 Å². The molecule has 2 saturated carbocycles. The van der Waals surface area contributed by atoms with E-state index in [2.05, 4.69) is 20.4 Å². The standard InChI is InChI=1S/C27H36N4O5S/c32-25(19-3-8-22(9-4-19)36-23-10-5-20(6-11-23)26(33)34)28-27-30-29-24(37-27)12-2-18-1-7-21(17-18)31-13-15-35-16-14-31/h3-4,8-9,18,20-21,23H,1-2,5-7,10-17H2,(H,33,34)(H,28,30,32)/t18-,20?,21-,23?/m0/s1. The Kier molecular flexibility index (Phi) is 8.68. The molecule has 1 aliphatic heterocycles. The summed E-state index contributed by atoms with van der Waals surface area (Å²) in [4.78, 5) is 26.4. The highest BCUT2D eigenvalue weighted by molar-refractivity contribution is 7.15. The number of carbonyl (C=O) groups is 2. The minimum atomic E-state index is -0.720. The van der Waals surface area contributed by atoms with Gasteiger partial charge in [0.25, 0.3) is 5.91 Å². The molecule has 37 heavy (non-hydrogen) atoms. The maximum Gasteiger partial charge on any atom is 0.306 e. The fourth-order valence-corrected chi connectivity index (χ4v) is 6.54. The molecule has 1 aromatic carbocycles. The maximum atomic E-state index is 12.7. The van der Waals surface area contributed by atoms with Crippen LogP contribution in [0.4, 0.5) is 5.13 Å². The molecule has 200 valence electrons. The number of benzene rings is 1. The van der Waals surface area contributed by atoms with Crippen molar-refractivity contribution < 1.29 is 24.2 Å². The Labute approximate surface area is 221 Å². The Morgan fingerprint density at radius 3 is 2.54 bits per heavy atom. The number of carboxylic acids is 1. The van der Waals surface area contributed by atoms with Crippen LogP contribution in [0.1, 0.15) is 66.7 Å². The summed E-state index contributed by atoms with van der Waals surface area (Å²) in [6.45, 7) is 3.83. The van der Waals surface area contributed by atoms with Gasteiger partial charge in [-0.2, -0.15) is 0 Å². The van der Waals surface area contributed by atoms with Crippen LogP contribution < -0.4 is 10.1 Å². The number of carbonyl (C=O) groups excluding carboxylic acids is 1. The summed E-state index contributed by atoms with van der Waals surface area (Å²) in [5.74, 6) is 0.212. The molecule has 0 unspecified atom stereocenters. The predicted octanol–water partition coefficient (Wildman–Crippen LogP) is 4.25. The van der Waals surface area contributed by atoms with E-state index in [1.165, 1.54) is 30.6 Å². The first-order chi connectivity index (χ1) is 18.0. The number of aryl methyl sites for hydroxylation is 1. The number of hydrogen-bond donors (Lipinski definition) is 2. The first-order valence-electron chi connectivity index (χ1n) is 13.5. The van der Waals surface area contributed by atoms with Crippen LogP contribution >= 0.6 is 11.3 Å². The Bertz CT molecular complexity index is 1050. The number of nitrogens with zero attached hydrogens (tertiary/aromatic N) is 3. The molecule has 1 amide bonds. The summed E-state index contributed by atoms with van der Waals surface area (Å²) < 4.78 is 11.5. The highest BCUT2D eigenvalue weighted by Gasteiger charge is 2.30. The summed E-state index contributed by atoms with van der Waals surface area (Å²) in [7, 11) is 0. The number of hydrogen-bond acceptors (Lipinski definition) is 8. The van der Waals surface area contributed by atoms with Gasteiger partial charge in [0, 0.05) is 31.1 Å². The molecule has 2 aliphatic carbocycles. The second kappa shape index (κ2) is 12.3. The van der Waals surface area contributed by atoms with Crippen LogP contribution in [0.25, 0.3) is 0 Å². The number of aromatic nitrogens is 2. The van der Waals surface area contributed by atoms with Crippen molar-refractivity contribution in [3.05, 3.63) is 34.8 Å². The van der Waals surface area contributed by atoms with Gasteiger partial charge < -0.3 is 14.6 Å². The predicted molar refractivity (Wildman–Crippen MR) is 140 cm³/mol. The van der Waals surface area contributed by atoms with Crippen LogP contribution in [0, 0.1) is 11.8 Å². The fraction of sp³-hybridized carbons (Fsp3) is 0.630. The number of anilines is 1. The Morgan fingerprint density at radius 2 is 1.81 bits per heavy atom. The van der Waals surface area contributed by atoms with Crippen LogP contribution in [0.3, 0.4) is 0 Å². The van der Waals surface area contributed by atoms with Gasteiger partial charge >= 0.3 is 5.97 Å². The zero-order valence-corrected chi connectivity index (χ0v) is 22.0. The molecule has 3 fully saturated rings. The van der Waals surface area contributed by atoms with Gasteiger partial charge in [0.1, 0.15) is 10.8 Å². The summed E-state index contributed by atoms with van der Waals surface area (Å²) in [5, 5.41) is 22.0. The van der Waals surface area contributed by atoms with E-state index in [1.54, 1.807) is 24.3 Å². The van der Waals surface area contributed by atoms with E-state index in [9.17, 15) is 9.59 Å². The molecule has 5 rings (SSSR count). The maximum absolute atomic E-state index is 12.7. The van der Waals surface area contributed by atoms with Crippen molar-refractivity contribution >= 4 is 28.3 Å². The minimum Gasteiger partial charge on any atom is -0.490 e. The van der Waals surface area contributed by atoms with E-state index in [0.29, 0.717) is 35.3 Å². The molecule has 0 radical (unpaired) electrons. The van der Waals surface area contributed by atoms with Crippen LogP contribution in [0.5, 0.6) is 5.75 Å². The van der Waals surface area contributed by atoms with Gasteiger partial charge in [-0.1, -0.05) is 11.3 Å². The van der Waals surface area contributed by atoms with E-state index in [-0.39, 0.29) is 17.9 Å². The lowest BCUT2D eigenvalue weighted by Crippen LogP contribution is -2.42. The number of morpholine rings is 1. The second-order valence-corrected chi connectivity index (χ2v) is 11.5. The smallest absolute Gasteiger partial charge is 0.306 e. The third kappa shape index (κ3) is 7.06. The van der Waals surface area contributed by atoms with Crippen molar-refractivity contribution in [2.75, 3.05) is 31.6 Å². The molecule has 2 aromatic rings. The van der Waals surface area contributed by atoms with Crippen molar-refractivity contribution in [1.82, 2.24) is 15.1 Å². The van der Waals surface area contributed by atoms with E-state index >= 15 is 0 Å². The average Bonchev–Trinajstić information content (AvgIpc) is 3.58. The van der Waals surface area contributed by atoms with Gasteiger partial charge in [-0.3, -0.25) is 19.8 Å². The molecular formula is C27H36N4O5S. The Hall–Kier alpha value is -2.56. The minimum absolute atomic E-state index is 0.0181. The number of aliphatic carboxylic acids is 1. The van der Waals surface area contributed by atoms with Gasteiger partial charge in [0.05, 0.1) is 25.2 Å². The summed E-state index contributed by atoms with van der Waals surface area (Å²) in [6, 6.07) is 7.74. The van der Waals surface area contributed by atoms with Crippen molar-refractivity contribution in [3.8, 4) is 5.75 Å². The van der Waals surface area contributed by atoms with Gasteiger partial charge in [0.15, 0.2) is 0 Å². The van der Waals surface area contributed by atoms with Gasteiger partial charge in [-0.05, 0) is 81.5 Å². The largest absolute Gasteiger partial charge is 0.490 e. The molecule has 2 heterocycles. The molecule has 0 spiro atoms. The topological polar surface area (TPSA) is 114 Å². The normalized spacial score (nSPS) is 26.6. The van der Waals surface area contributed by atoms with E-state index < -0.39 is 5.97 Å². The Balaban J connectivity index is 1.04. The number of amides is 1. The van der Waals surface area contributed by atoms with Crippen molar-refractivity contribution in [2.24, 2.45) is 11.8 Å². The SMILES string of the molecule is O=C(Nc1nnc(CC[C@@H]2CC[C@H](N3CCOCC3)C2)s1)c1ccc(OC2CCC(C(=O)O)CC2)cc1. The lowest BCUT2D eigenvalue weighted by molar-refractivity contribution is -0.143. The third-order valence-electron chi connectivity index (χ3n) is 7.97. The number of carboxylic acid groups (broad SMARTS) is 1. The van der Waals surface area contributed by atoms with E-state index in [0.717, 1.165) is 62.9 Å². The van der Waals surface area contributed by atoms with Crippen LogP contribution in [-0.4, -0.2) is 70.5 Å². The second-order valence-electron chi connectivity index (χ2n) is 10.4. The molecule has 10 heteroatoms. The zero-order chi connectivity index (χ0) is 25.6. The van der Waals surface area contributed by atoms with Crippen LogP contribution in [0.2, 0.25) is 0 Å². The average molecular weight is 529 g/mol. The molecule has 2 atom stereocenters. The third-order valence-corrected chi connectivity index (χ3v) is 8.87. The molecule has 9 nitrogen and oxygen atoms in total. The summed E-state index contributed by atoms with van der Waals surface area (Å²) >= 11 is 1.45. The number of rotatable bonds is 9. The van der Waals surface area contributed by atoms with E-state index in [4.69, 9.17) is 14.6 Å². The van der Waals surface area contributed by atoms with Crippen LogP contribution in [0.15, 0.2) is 24.3 Å². The molecule has 0 bridgehead atoms. The monoisotopic (exact) mass is 528 g/mol. The fourth-order valence-electron chi connectivity index (χ4n) is 5.79. The number of ether oxygens (including phenoxy) is 2. The van der Waals surface area contributed by atoms with Crippen molar-refractivity contribution in [2.45, 2.75) is 69.9 Å². The number of nitrogens with one attached hydrogen (secondary N) is 1. The Morgan fingerprint density at radius 1 is 1.05 bits per heavy atom. The van der Waals surface area contributed by atoms with E-state index in [1.807, 2.05) is 0 Å². The zero-order valence-electron chi connectivity index (χ0n) is 21.1. The van der Waals surface area contributed by atoms with Crippen LogP contribution in [-0.2, 0) is 16.0 Å². The van der Waals surface area contributed by atoms with Crippen molar-refractivity contribution in [1.29, 1.82) is 0 Å². The molecular weight excluding hydrogens is 492 g/mol. The van der Waals surface area contributed by atoms with Gasteiger partial charge in [-0.15, -0.1) is 10.2 Å². The lowest BCUT2D eigenvalue weighted by Gasteiger charge is -2.32. The summed E-state index contributed by atoms with van der Waals surface area (Å²) in [5.41, 5.74) is 0.527. The first kappa shape index (κ1) is 26.1. The van der Waals surface area contributed by atoms with Gasteiger partial charge in [0.2, 0.25) is 5.13 Å². The molecule has 2 N–H and O–H groups in total. The summed E-state index contributed by atoms with van der Waals surface area (Å²) in [6.07, 6.45) is 8.57. The molecule has 1 aromatic heterocycles. The molecule has 1 saturated heterocycles.